The molecule has 8 heteroatoms. The van der Waals surface area contributed by atoms with E-state index in [0.717, 1.165) is 5.69 Å². The molecule has 0 radical (unpaired) electrons. The van der Waals surface area contributed by atoms with E-state index >= 15 is 0 Å². The maximum Gasteiger partial charge on any atom is 0.261 e. The molecular weight excluding hydrogens is 359 g/mol. The van der Waals surface area contributed by atoms with E-state index in [1.807, 2.05) is 4.90 Å². The van der Waals surface area contributed by atoms with Crippen molar-refractivity contribution in [1.29, 1.82) is 0 Å². The average molecular weight is 378 g/mol. The number of carbonyl (C=O) groups is 1. The van der Waals surface area contributed by atoms with Crippen LogP contribution in [0.4, 0.5) is 15.8 Å². The number of morpholine rings is 1. The van der Waals surface area contributed by atoms with Crippen LogP contribution in [0, 0.1) is 5.82 Å². The molecule has 0 saturated carbocycles. The molecule has 6 nitrogen and oxygen atoms in total. The molecule has 1 aliphatic rings. The largest absolute Gasteiger partial charge is 0.378 e. The number of carbonyl (C=O) groups excluding carboxylic acids is 1. The molecule has 0 atom stereocenters. The van der Waals surface area contributed by atoms with Crippen LogP contribution >= 0.6 is 0 Å². The summed E-state index contributed by atoms with van der Waals surface area (Å²) in [5.41, 5.74) is 1.01. The molecule has 138 valence electrons. The fourth-order valence-corrected chi connectivity index (χ4v) is 3.74. The maximum atomic E-state index is 14.1. The predicted molar refractivity (Wildman–Crippen MR) is 96.7 cm³/mol. The van der Waals surface area contributed by atoms with Crippen molar-refractivity contribution in [3.8, 4) is 0 Å². The Kier molecular flexibility index (Phi) is 5.24. The zero-order valence-corrected chi connectivity index (χ0v) is 15.1. The molecule has 2 aromatic rings. The monoisotopic (exact) mass is 378 g/mol. The van der Waals surface area contributed by atoms with Crippen molar-refractivity contribution in [3.63, 3.8) is 0 Å². The topological polar surface area (TPSA) is 75.7 Å². The van der Waals surface area contributed by atoms with Gasteiger partial charge in [-0.25, -0.2) is 12.8 Å². The number of hydrogen-bond acceptors (Lipinski definition) is 5. The molecule has 1 saturated heterocycles. The van der Waals surface area contributed by atoms with Crippen LogP contribution in [0.3, 0.4) is 0 Å². The summed E-state index contributed by atoms with van der Waals surface area (Å²) in [6.45, 7) is 3.85. The second-order valence-electron chi connectivity index (χ2n) is 5.95. The molecule has 1 fully saturated rings. The standard InChI is InChI=1S/C18H19FN2O4S/c1-13(22)14-2-5-16(6-3-14)26(23,24)20-18-12-15(4-7-17(18)19)21-8-10-25-11-9-21/h2-7,12,20H,8-11H2,1H3. The summed E-state index contributed by atoms with van der Waals surface area (Å²) in [6, 6.07) is 9.82. The lowest BCUT2D eigenvalue weighted by Gasteiger charge is -2.29. The van der Waals surface area contributed by atoms with Crippen molar-refractivity contribution < 1.29 is 22.3 Å². The minimum atomic E-state index is -3.97. The molecule has 0 aromatic heterocycles. The third-order valence-electron chi connectivity index (χ3n) is 4.14. The van der Waals surface area contributed by atoms with Crippen molar-refractivity contribution in [3.05, 3.63) is 53.8 Å². The Labute approximate surface area is 151 Å². The van der Waals surface area contributed by atoms with Crippen LogP contribution in [0.1, 0.15) is 17.3 Å². The van der Waals surface area contributed by atoms with Crippen molar-refractivity contribution in [2.75, 3.05) is 35.9 Å². The fourth-order valence-electron chi connectivity index (χ4n) is 2.68. The Hall–Kier alpha value is -2.45. The number of ether oxygens (including phenoxy) is 1. The average Bonchev–Trinajstić information content (AvgIpc) is 2.64. The Balaban J connectivity index is 1.85. The molecule has 0 unspecified atom stereocenters. The summed E-state index contributed by atoms with van der Waals surface area (Å²) in [5.74, 6) is -0.822. The summed E-state index contributed by atoms with van der Waals surface area (Å²) in [4.78, 5) is 13.3. The number of nitrogens with one attached hydrogen (secondary N) is 1. The van der Waals surface area contributed by atoms with Crippen LogP contribution < -0.4 is 9.62 Å². The van der Waals surface area contributed by atoms with Gasteiger partial charge in [-0.05, 0) is 37.3 Å². The highest BCUT2D eigenvalue weighted by atomic mass is 32.2. The summed E-state index contributed by atoms with van der Waals surface area (Å²) in [7, 11) is -3.97. The van der Waals surface area contributed by atoms with E-state index in [4.69, 9.17) is 4.74 Å². The highest BCUT2D eigenvalue weighted by Gasteiger charge is 2.19. The van der Waals surface area contributed by atoms with Gasteiger partial charge < -0.3 is 9.64 Å². The quantitative estimate of drug-likeness (QED) is 0.810. The van der Waals surface area contributed by atoms with Gasteiger partial charge in [-0.3, -0.25) is 9.52 Å². The second kappa shape index (κ2) is 7.43. The minimum absolute atomic E-state index is 0.0429. The maximum absolute atomic E-state index is 14.1. The van der Waals surface area contributed by atoms with Crippen molar-refractivity contribution in [2.45, 2.75) is 11.8 Å². The summed E-state index contributed by atoms with van der Waals surface area (Å²) in [6.07, 6.45) is 0. The Morgan fingerprint density at radius 2 is 1.77 bits per heavy atom. The normalized spacial score (nSPS) is 14.9. The van der Waals surface area contributed by atoms with E-state index < -0.39 is 15.8 Å². The van der Waals surface area contributed by atoms with Gasteiger partial charge in [0.15, 0.2) is 5.78 Å². The lowest BCUT2D eigenvalue weighted by molar-refractivity contribution is 0.101. The first kappa shape index (κ1) is 18.3. The number of Topliss-reactive ketones (excluding diaryl/α,β-unsaturated/α-hetero) is 1. The molecule has 0 amide bonds. The van der Waals surface area contributed by atoms with Gasteiger partial charge in [0, 0.05) is 24.3 Å². The first-order valence-electron chi connectivity index (χ1n) is 8.13. The first-order chi connectivity index (χ1) is 12.4. The summed E-state index contributed by atoms with van der Waals surface area (Å²) < 4.78 is 46.8. The number of sulfonamides is 1. The van der Waals surface area contributed by atoms with Crippen molar-refractivity contribution in [1.82, 2.24) is 0 Å². The smallest absolute Gasteiger partial charge is 0.261 e. The molecular formula is C18H19FN2O4S. The molecule has 0 aliphatic carbocycles. The highest BCUT2D eigenvalue weighted by Crippen LogP contribution is 2.26. The van der Waals surface area contributed by atoms with Gasteiger partial charge in [0.1, 0.15) is 5.82 Å². The molecule has 26 heavy (non-hydrogen) atoms. The molecule has 1 aliphatic heterocycles. The van der Waals surface area contributed by atoms with Gasteiger partial charge in [-0.2, -0.15) is 0 Å². The van der Waals surface area contributed by atoms with Crippen LogP contribution in [0.5, 0.6) is 0 Å². The van der Waals surface area contributed by atoms with Crippen molar-refractivity contribution in [2.24, 2.45) is 0 Å². The van der Waals surface area contributed by atoms with Gasteiger partial charge in [-0.15, -0.1) is 0 Å². The number of rotatable bonds is 5. The van der Waals surface area contributed by atoms with Crippen LogP contribution in [-0.4, -0.2) is 40.5 Å². The van der Waals surface area contributed by atoms with Gasteiger partial charge in [0.25, 0.3) is 10.0 Å². The lowest BCUT2D eigenvalue weighted by Crippen LogP contribution is -2.36. The van der Waals surface area contributed by atoms with Gasteiger partial charge >= 0.3 is 0 Å². The summed E-state index contributed by atoms with van der Waals surface area (Å²) in [5, 5.41) is 0. The van der Waals surface area contributed by atoms with E-state index in [0.29, 0.717) is 31.9 Å². The molecule has 0 spiro atoms. The Bertz CT molecular complexity index is 907. The molecule has 1 heterocycles. The molecule has 1 N–H and O–H groups in total. The minimum Gasteiger partial charge on any atom is -0.378 e. The van der Waals surface area contributed by atoms with Gasteiger partial charge in [0.2, 0.25) is 0 Å². The van der Waals surface area contributed by atoms with Gasteiger partial charge in [0.05, 0.1) is 23.8 Å². The third kappa shape index (κ3) is 4.03. The number of benzene rings is 2. The number of halogens is 1. The Morgan fingerprint density at radius 1 is 1.12 bits per heavy atom. The molecule has 2 aromatic carbocycles. The lowest BCUT2D eigenvalue weighted by atomic mass is 10.2. The number of nitrogens with zero attached hydrogens (tertiary/aromatic N) is 1. The Morgan fingerprint density at radius 3 is 2.38 bits per heavy atom. The predicted octanol–water partition coefficient (Wildman–Crippen LogP) is 2.67. The van der Waals surface area contributed by atoms with Gasteiger partial charge in [-0.1, -0.05) is 12.1 Å². The molecule has 0 bridgehead atoms. The van der Waals surface area contributed by atoms with Crippen LogP contribution in [0.2, 0.25) is 0 Å². The molecule has 3 rings (SSSR count). The van der Waals surface area contributed by atoms with E-state index in [1.165, 1.54) is 43.3 Å². The van der Waals surface area contributed by atoms with Crippen LogP contribution in [0.25, 0.3) is 0 Å². The fraction of sp³-hybridized carbons (Fsp3) is 0.278. The highest BCUT2D eigenvalue weighted by molar-refractivity contribution is 7.92. The number of anilines is 2. The number of hydrogen-bond donors (Lipinski definition) is 1. The van der Waals surface area contributed by atoms with Crippen LogP contribution in [0.15, 0.2) is 47.4 Å². The van der Waals surface area contributed by atoms with Crippen molar-refractivity contribution >= 4 is 27.2 Å². The van der Waals surface area contributed by atoms with Crippen LogP contribution in [-0.2, 0) is 14.8 Å². The first-order valence-corrected chi connectivity index (χ1v) is 9.61. The van der Waals surface area contributed by atoms with E-state index in [2.05, 4.69) is 4.72 Å². The van der Waals surface area contributed by atoms with E-state index in [9.17, 15) is 17.6 Å². The summed E-state index contributed by atoms with van der Waals surface area (Å²) >= 11 is 0. The van der Waals surface area contributed by atoms with E-state index in [1.54, 1.807) is 6.07 Å². The third-order valence-corrected chi connectivity index (χ3v) is 5.52. The zero-order valence-electron chi connectivity index (χ0n) is 14.2. The zero-order chi connectivity index (χ0) is 18.7. The SMILES string of the molecule is CC(=O)c1ccc(S(=O)(=O)Nc2cc(N3CCOCC3)ccc2F)cc1. The van der Waals surface area contributed by atoms with E-state index in [-0.39, 0.29) is 16.4 Å². The second-order valence-corrected chi connectivity index (χ2v) is 7.63. The number of ketones is 1.